The Labute approximate surface area is 443 Å². The number of aliphatic hydroxyl groups excluding tert-OH is 1. The second-order valence-corrected chi connectivity index (χ2v) is 23.1. The summed E-state index contributed by atoms with van der Waals surface area (Å²) in [5, 5.41) is 27.7. The third kappa shape index (κ3) is 9.06. The zero-order chi connectivity index (χ0) is 53.5. The van der Waals surface area contributed by atoms with Crippen LogP contribution in [0.15, 0.2) is 78.4 Å². The summed E-state index contributed by atoms with van der Waals surface area (Å²) in [6.45, 7) is 18.0. The predicted octanol–water partition coefficient (Wildman–Crippen LogP) is 6.65. The lowest BCUT2D eigenvalue weighted by atomic mass is 9.83. The first-order valence-corrected chi connectivity index (χ1v) is 26.9. The standard InChI is InChI=1S/C58H69N11O7/c1-8-49(71)61-43-28-37(60-51-56(75)63(7)32-44(62-51)40-16-20-59-52(42(40)33-70)68-25-24-67-47(54(68)73)27-36-29-57(4,5)30-48(36)67)12-13-45(43)66-23-22-64(31-35(66)3)39-17-21-65(34(2)26-39)46-11-9-10-41-50(46)55(74)69(53(41)72)38-14-18-58(6,76)19-15-38/h8-13,16,20,27-28,32,34-35,38-39,70,76H,1,14-15,17-19,21-26,29-31,33H2,2-7H3,(H,60,62)(H,61,71)/t34-,35+,38?,39?,58?/m1/s1. The van der Waals surface area contributed by atoms with E-state index >= 15 is 0 Å². The van der Waals surface area contributed by atoms with E-state index in [4.69, 9.17) is 4.98 Å². The molecule has 4 aliphatic heterocycles. The summed E-state index contributed by atoms with van der Waals surface area (Å²) in [6, 6.07) is 15.2. The van der Waals surface area contributed by atoms with E-state index in [9.17, 15) is 34.2 Å². The highest BCUT2D eigenvalue weighted by Crippen LogP contribution is 2.43. The number of fused-ring (bicyclic) bond motifs is 4. The Kier molecular flexibility index (Phi) is 13.0. The van der Waals surface area contributed by atoms with E-state index in [1.807, 2.05) is 37.3 Å². The Hall–Kier alpha value is -7.15. The number of piperidine rings is 1. The number of pyridine rings is 1. The molecule has 3 fully saturated rings. The van der Waals surface area contributed by atoms with Crippen LogP contribution in [-0.2, 0) is 37.8 Å². The van der Waals surface area contributed by atoms with E-state index in [0.717, 1.165) is 56.7 Å². The first kappa shape index (κ1) is 51.0. The number of aliphatic hydroxyl groups is 2. The lowest BCUT2D eigenvalue weighted by Gasteiger charge is -2.48. The molecule has 2 aromatic carbocycles. The van der Waals surface area contributed by atoms with Crippen molar-refractivity contribution >= 4 is 58.0 Å². The second kappa shape index (κ2) is 19.5. The van der Waals surface area contributed by atoms with E-state index in [0.29, 0.717) is 102 Å². The number of aryl methyl sites for hydroxylation is 1. The van der Waals surface area contributed by atoms with Gasteiger partial charge in [-0.3, -0.25) is 38.7 Å². The number of benzene rings is 2. The number of anilines is 6. The van der Waals surface area contributed by atoms with Gasteiger partial charge in [0.1, 0.15) is 11.5 Å². The van der Waals surface area contributed by atoms with Crippen LogP contribution in [0.25, 0.3) is 11.3 Å². The molecule has 5 aromatic rings. The molecule has 18 nitrogen and oxygen atoms in total. The molecule has 1 saturated carbocycles. The van der Waals surface area contributed by atoms with Crippen LogP contribution in [0, 0.1) is 5.41 Å². The van der Waals surface area contributed by atoms with Gasteiger partial charge in [0.05, 0.1) is 46.1 Å². The smallest absolute Gasteiger partial charge is 0.293 e. The van der Waals surface area contributed by atoms with Crippen molar-refractivity contribution in [3.63, 3.8) is 0 Å². The predicted molar refractivity (Wildman–Crippen MR) is 293 cm³/mol. The summed E-state index contributed by atoms with van der Waals surface area (Å²) in [6.07, 6.45) is 10.3. The van der Waals surface area contributed by atoms with Gasteiger partial charge in [0.25, 0.3) is 23.3 Å². The number of imide groups is 1. The van der Waals surface area contributed by atoms with Crippen LogP contribution >= 0.6 is 0 Å². The molecule has 1 unspecified atom stereocenters. The molecule has 0 spiro atoms. The molecule has 0 radical (unpaired) electrons. The fourth-order valence-electron chi connectivity index (χ4n) is 13.2. The van der Waals surface area contributed by atoms with Crippen molar-refractivity contribution in [3.05, 3.63) is 118 Å². The van der Waals surface area contributed by atoms with Crippen LogP contribution in [0.3, 0.4) is 0 Å². The summed E-state index contributed by atoms with van der Waals surface area (Å²) in [5.41, 5.74) is 7.02. The van der Waals surface area contributed by atoms with Crippen molar-refractivity contribution in [3.8, 4) is 11.3 Å². The number of hydrogen-bond donors (Lipinski definition) is 4. The highest BCUT2D eigenvalue weighted by Gasteiger charge is 2.46. The topological polar surface area (TPSA) is 202 Å². The van der Waals surface area contributed by atoms with Crippen LogP contribution in [0.2, 0.25) is 0 Å². The van der Waals surface area contributed by atoms with Crippen molar-refractivity contribution in [2.24, 2.45) is 12.5 Å². The largest absolute Gasteiger partial charge is 0.392 e. The molecule has 11 rings (SSSR count). The van der Waals surface area contributed by atoms with Gasteiger partial charge in [-0.15, -0.1) is 0 Å². The average Bonchev–Trinajstić information content (AvgIpc) is 4.05. The number of piperazine rings is 1. The molecule has 6 aliphatic rings. The summed E-state index contributed by atoms with van der Waals surface area (Å²) in [7, 11) is 1.63. The van der Waals surface area contributed by atoms with E-state index in [2.05, 4.69) is 69.2 Å². The van der Waals surface area contributed by atoms with Crippen molar-refractivity contribution in [1.29, 1.82) is 0 Å². The lowest BCUT2D eigenvalue weighted by Crippen LogP contribution is -2.58. The van der Waals surface area contributed by atoms with Gasteiger partial charge in [-0.05, 0) is 132 Å². The van der Waals surface area contributed by atoms with Crippen LogP contribution in [0.5, 0.6) is 0 Å². The van der Waals surface area contributed by atoms with Gasteiger partial charge in [-0.2, -0.15) is 0 Å². The molecule has 2 saturated heterocycles. The van der Waals surface area contributed by atoms with Gasteiger partial charge in [-0.1, -0.05) is 26.5 Å². The van der Waals surface area contributed by atoms with Gasteiger partial charge in [0, 0.05) is 105 Å². The van der Waals surface area contributed by atoms with Gasteiger partial charge < -0.3 is 39.8 Å². The fourth-order valence-corrected chi connectivity index (χ4v) is 13.2. The number of rotatable bonds is 11. The Morgan fingerprint density at radius 2 is 1.63 bits per heavy atom. The Balaban J connectivity index is 0.782. The fraction of sp³-hybridized carbons (Fsp3) is 0.466. The minimum atomic E-state index is -0.771. The van der Waals surface area contributed by atoms with Crippen LogP contribution in [0.1, 0.15) is 121 Å². The summed E-state index contributed by atoms with van der Waals surface area (Å²) < 4.78 is 3.56. The third-order valence-electron chi connectivity index (χ3n) is 17.1. The molecule has 3 atom stereocenters. The molecule has 398 valence electrons. The first-order valence-electron chi connectivity index (χ1n) is 26.9. The van der Waals surface area contributed by atoms with Gasteiger partial charge >= 0.3 is 0 Å². The lowest BCUT2D eigenvalue weighted by molar-refractivity contribution is -0.111. The van der Waals surface area contributed by atoms with Gasteiger partial charge in [0.15, 0.2) is 5.82 Å². The number of hydrogen-bond acceptors (Lipinski definition) is 13. The maximum atomic E-state index is 14.1. The highest BCUT2D eigenvalue weighted by molar-refractivity contribution is 6.24. The minimum absolute atomic E-state index is 0.0248. The molecule has 76 heavy (non-hydrogen) atoms. The van der Waals surface area contributed by atoms with E-state index < -0.39 is 17.8 Å². The monoisotopic (exact) mass is 1030 g/mol. The number of amides is 4. The van der Waals surface area contributed by atoms with E-state index in [-0.39, 0.29) is 53.0 Å². The molecular weight excluding hydrogens is 963 g/mol. The summed E-state index contributed by atoms with van der Waals surface area (Å²) >= 11 is 0. The molecular formula is C58H69N11O7. The normalized spacial score (nSPS) is 24.4. The zero-order valence-corrected chi connectivity index (χ0v) is 44.4. The summed E-state index contributed by atoms with van der Waals surface area (Å²) in [4.78, 5) is 88.3. The third-order valence-corrected chi connectivity index (χ3v) is 17.1. The number of nitrogens with zero attached hydrogens (tertiary/aromatic N) is 9. The number of carbonyl (C=O) groups is 4. The molecule has 3 aromatic heterocycles. The minimum Gasteiger partial charge on any atom is -0.392 e. The highest BCUT2D eigenvalue weighted by atomic mass is 16.3. The quantitative estimate of drug-likeness (QED) is 0.0811. The molecule has 0 bridgehead atoms. The molecule has 18 heteroatoms. The Bertz CT molecular complexity index is 3260. The van der Waals surface area contributed by atoms with Crippen LogP contribution < -0.4 is 30.9 Å². The Morgan fingerprint density at radius 1 is 0.855 bits per heavy atom. The molecule has 4 N–H and O–H groups in total. The average molecular weight is 1030 g/mol. The van der Waals surface area contributed by atoms with Gasteiger partial charge in [-0.25, -0.2) is 9.97 Å². The maximum absolute atomic E-state index is 14.1. The SMILES string of the molecule is C=CC(=O)Nc1cc(Nc2nc(-c3ccnc(N4CCn5c(cc6c5CC(C)(C)C6)C4=O)c3CO)cn(C)c2=O)ccc1N1CCN(C2CCN(c3cccc4c3C(=O)N(C3CCC(C)(O)CC3)C4=O)[C@H](C)C2)C[C@@H]1C. The van der Waals surface area contributed by atoms with Crippen LogP contribution in [0.4, 0.5) is 34.4 Å². The first-order chi connectivity index (χ1) is 36.3. The maximum Gasteiger partial charge on any atom is 0.293 e. The number of carbonyl (C=O) groups excluding carboxylic acids is 4. The van der Waals surface area contributed by atoms with Crippen molar-refractivity contribution in [2.45, 2.75) is 129 Å². The van der Waals surface area contributed by atoms with Gasteiger partial charge in [0.2, 0.25) is 5.91 Å². The molecule has 4 amide bonds. The number of nitrogens with one attached hydrogen (secondary N) is 2. The van der Waals surface area contributed by atoms with E-state index in [1.54, 1.807) is 42.5 Å². The van der Waals surface area contributed by atoms with E-state index in [1.165, 1.54) is 26.8 Å². The summed E-state index contributed by atoms with van der Waals surface area (Å²) in [5.74, 6) is -0.651. The second-order valence-electron chi connectivity index (χ2n) is 23.1. The van der Waals surface area contributed by atoms with Crippen molar-refractivity contribution in [1.82, 2.24) is 28.9 Å². The van der Waals surface area contributed by atoms with Crippen molar-refractivity contribution in [2.75, 3.05) is 58.1 Å². The zero-order valence-electron chi connectivity index (χ0n) is 44.4. The van der Waals surface area contributed by atoms with Crippen LogP contribution in [-0.4, -0.2) is 125 Å². The molecule has 2 aliphatic carbocycles. The van der Waals surface area contributed by atoms with Crippen molar-refractivity contribution < 1.29 is 29.4 Å². The number of aromatic nitrogens is 4. The Morgan fingerprint density at radius 3 is 2.37 bits per heavy atom. The molecule has 7 heterocycles.